The van der Waals surface area contributed by atoms with Crippen molar-refractivity contribution in [3.63, 3.8) is 0 Å². The molecule has 0 unspecified atom stereocenters. The van der Waals surface area contributed by atoms with Gasteiger partial charge in [0.15, 0.2) is 0 Å². The average molecular weight is 290 g/mol. The van der Waals surface area contributed by atoms with Gasteiger partial charge in [0, 0.05) is 12.0 Å². The van der Waals surface area contributed by atoms with Crippen LogP contribution in [0, 0.1) is 28.6 Å². The maximum Gasteiger partial charge on any atom is 0.226 e. The number of rotatable bonds is 3. The topological polar surface area (TPSA) is 41.1 Å². The molecule has 1 saturated heterocycles. The second-order valence-electron chi connectivity index (χ2n) is 8.94. The van der Waals surface area contributed by atoms with Crippen LogP contribution in [0.5, 0.6) is 0 Å². The van der Waals surface area contributed by atoms with E-state index in [-0.39, 0.29) is 5.41 Å². The molecular formula is C18H30N2O. The van der Waals surface area contributed by atoms with E-state index in [0.29, 0.717) is 11.3 Å². The Morgan fingerprint density at radius 2 is 1.57 bits per heavy atom. The molecular weight excluding hydrogens is 260 g/mol. The minimum absolute atomic E-state index is 0.0258. The standard InChI is InChI=1S/C18H30N2O/c1-17(2-4-19-5-3-17)12-20-16(21)18-9-13-6-14(10-18)8-15(7-13)11-18/h13-15,19H,2-12H2,1H3,(H,20,21). The van der Waals surface area contributed by atoms with E-state index in [0.717, 1.165) is 37.4 Å². The number of hydrogen-bond acceptors (Lipinski definition) is 2. The molecule has 5 aliphatic rings. The van der Waals surface area contributed by atoms with E-state index >= 15 is 0 Å². The lowest BCUT2D eigenvalue weighted by Gasteiger charge is -2.55. The van der Waals surface area contributed by atoms with E-state index in [1.54, 1.807) is 0 Å². The largest absolute Gasteiger partial charge is 0.355 e. The molecule has 118 valence electrons. The van der Waals surface area contributed by atoms with E-state index in [4.69, 9.17) is 0 Å². The SMILES string of the molecule is CC1(CNC(=O)C23CC4CC(CC(C4)C2)C3)CCNCC1. The molecule has 1 amide bonds. The van der Waals surface area contributed by atoms with Gasteiger partial charge in [0.25, 0.3) is 0 Å². The normalized spacial score (nSPS) is 43.8. The van der Waals surface area contributed by atoms with Gasteiger partial charge in [-0.05, 0) is 87.6 Å². The molecule has 1 aliphatic heterocycles. The van der Waals surface area contributed by atoms with Crippen LogP contribution in [0.25, 0.3) is 0 Å². The summed E-state index contributed by atoms with van der Waals surface area (Å²) in [4.78, 5) is 13.0. The van der Waals surface area contributed by atoms with E-state index in [2.05, 4.69) is 17.6 Å². The minimum atomic E-state index is 0.0258. The Morgan fingerprint density at radius 1 is 1.05 bits per heavy atom. The number of amides is 1. The lowest BCUT2D eigenvalue weighted by atomic mass is 9.49. The smallest absolute Gasteiger partial charge is 0.226 e. The molecule has 1 heterocycles. The summed E-state index contributed by atoms with van der Waals surface area (Å²) in [5.41, 5.74) is 0.335. The zero-order valence-electron chi connectivity index (χ0n) is 13.4. The van der Waals surface area contributed by atoms with E-state index in [1.807, 2.05) is 0 Å². The van der Waals surface area contributed by atoms with E-state index in [9.17, 15) is 4.79 Å². The molecule has 4 bridgehead atoms. The molecule has 0 aromatic rings. The van der Waals surface area contributed by atoms with Gasteiger partial charge in [0.05, 0.1) is 0 Å². The molecule has 3 nitrogen and oxygen atoms in total. The Balaban J connectivity index is 1.41. The lowest BCUT2D eigenvalue weighted by molar-refractivity contribution is -0.146. The fourth-order valence-corrected chi connectivity index (χ4v) is 6.08. The first-order valence-corrected chi connectivity index (χ1v) is 9.06. The van der Waals surface area contributed by atoms with Crippen molar-refractivity contribution in [1.29, 1.82) is 0 Å². The van der Waals surface area contributed by atoms with Crippen LogP contribution < -0.4 is 10.6 Å². The third-order valence-electron chi connectivity index (χ3n) is 7.01. The van der Waals surface area contributed by atoms with Gasteiger partial charge >= 0.3 is 0 Å². The average Bonchev–Trinajstić information content (AvgIpc) is 2.44. The third-order valence-corrected chi connectivity index (χ3v) is 7.01. The summed E-state index contributed by atoms with van der Waals surface area (Å²) in [6.07, 6.45) is 10.2. The fraction of sp³-hybridized carbons (Fsp3) is 0.944. The molecule has 4 saturated carbocycles. The Kier molecular flexibility index (Phi) is 3.33. The van der Waals surface area contributed by atoms with Gasteiger partial charge in [0.1, 0.15) is 0 Å². The summed E-state index contributed by atoms with van der Waals surface area (Å²) < 4.78 is 0. The lowest BCUT2D eigenvalue weighted by Crippen LogP contribution is -2.55. The van der Waals surface area contributed by atoms with Crippen LogP contribution in [-0.4, -0.2) is 25.5 Å². The Labute approximate surface area is 128 Å². The van der Waals surface area contributed by atoms with Gasteiger partial charge in [0.2, 0.25) is 5.91 Å². The second-order valence-corrected chi connectivity index (χ2v) is 8.94. The van der Waals surface area contributed by atoms with Crippen molar-refractivity contribution in [3.8, 4) is 0 Å². The zero-order chi connectivity index (χ0) is 14.5. The maximum absolute atomic E-state index is 13.0. The van der Waals surface area contributed by atoms with Crippen molar-refractivity contribution in [2.45, 2.75) is 58.3 Å². The highest BCUT2D eigenvalue weighted by Crippen LogP contribution is 2.60. The van der Waals surface area contributed by atoms with Crippen molar-refractivity contribution in [3.05, 3.63) is 0 Å². The minimum Gasteiger partial charge on any atom is -0.355 e. The fourth-order valence-electron chi connectivity index (χ4n) is 6.08. The molecule has 5 rings (SSSR count). The van der Waals surface area contributed by atoms with E-state index in [1.165, 1.54) is 51.4 Å². The highest BCUT2D eigenvalue weighted by atomic mass is 16.2. The van der Waals surface area contributed by atoms with Gasteiger partial charge in [-0.15, -0.1) is 0 Å². The molecule has 3 heteroatoms. The molecule has 0 spiro atoms. The summed E-state index contributed by atoms with van der Waals surface area (Å²) in [7, 11) is 0. The van der Waals surface area contributed by atoms with Crippen molar-refractivity contribution in [2.75, 3.05) is 19.6 Å². The monoisotopic (exact) mass is 290 g/mol. The predicted octanol–water partition coefficient (Wildman–Crippen LogP) is 2.71. The van der Waals surface area contributed by atoms with Crippen molar-refractivity contribution in [2.24, 2.45) is 28.6 Å². The Hall–Kier alpha value is -0.570. The quantitative estimate of drug-likeness (QED) is 0.839. The van der Waals surface area contributed by atoms with Crippen LogP contribution in [0.1, 0.15) is 58.3 Å². The van der Waals surface area contributed by atoms with Gasteiger partial charge in [-0.3, -0.25) is 4.79 Å². The molecule has 21 heavy (non-hydrogen) atoms. The first-order valence-electron chi connectivity index (χ1n) is 9.06. The predicted molar refractivity (Wildman–Crippen MR) is 83.8 cm³/mol. The number of carbonyl (C=O) groups is 1. The van der Waals surface area contributed by atoms with Gasteiger partial charge in [-0.2, -0.15) is 0 Å². The number of hydrogen-bond donors (Lipinski definition) is 2. The number of carbonyl (C=O) groups excluding carboxylic acids is 1. The molecule has 5 fully saturated rings. The van der Waals surface area contributed by atoms with Crippen LogP contribution in [0.15, 0.2) is 0 Å². The van der Waals surface area contributed by atoms with Crippen molar-refractivity contribution >= 4 is 5.91 Å². The van der Waals surface area contributed by atoms with Crippen molar-refractivity contribution < 1.29 is 4.79 Å². The van der Waals surface area contributed by atoms with E-state index < -0.39 is 0 Å². The molecule has 0 radical (unpaired) electrons. The summed E-state index contributed by atoms with van der Waals surface area (Å²) in [6.45, 7) is 5.43. The summed E-state index contributed by atoms with van der Waals surface area (Å²) in [5, 5.41) is 6.81. The first-order chi connectivity index (χ1) is 10.1. The number of nitrogens with one attached hydrogen (secondary N) is 2. The molecule has 0 aromatic carbocycles. The van der Waals surface area contributed by atoms with Crippen LogP contribution in [0.2, 0.25) is 0 Å². The van der Waals surface area contributed by atoms with Crippen LogP contribution in [0.4, 0.5) is 0 Å². The van der Waals surface area contributed by atoms with Gasteiger partial charge in [-0.1, -0.05) is 6.92 Å². The summed E-state index contributed by atoms with van der Waals surface area (Å²) in [6, 6.07) is 0. The summed E-state index contributed by atoms with van der Waals surface area (Å²) >= 11 is 0. The van der Waals surface area contributed by atoms with Crippen LogP contribution >= 0.6 is 0 Å². The van der Waals surface area contributed by atoms with Gasteiger partial charge in [-0.25, -0.2) is 0 Å². The Bertz CT molecular complexity index is 390. The molecule has 2 N–H and O–H groups in total. The van der Waals surface area contributed by atoms with Crippen LogP contribution in [0.3, 0.4) is 0 Å². The van der Waals surface area contributed by atoms with Crippen molar-refractivity contribution in [1.82, 2.24) is 10.6 Å². The third kappa shape index (κ3) is 2.52. The zero-order valence-corrected chi connectivity index (χ0v) is 13.4. The second kappa shape index (κ2) is 4.97. The Morgan fingerprint density at radius 3 is 2.10 bits per heavy atom. The van der Waals surface area contributed by atoms with Gasteiger partial charge < -0.3 is 10.6 Å². The molecule has 0 atom stereocenters. The highest BCUT2D eigenvalue weighted by Gasteiger charge is 2.54. The number of piperidine rings is 1. The van der Waals surface area contributed by atoms with Crippen LogP contribution in [-0.2, 0) is 4.79 Å². The maximum atomic E-state index is 13.0. The highest BCUT2D eigenvalue weighted by molar-refractivity contribution is 5.83. The summed E-state index contributed by atoms with van der Waals surface area (Å²) in [5.74, 6) is 2.98. The molecule has 4 aliphatic carbocycles. The first kappa shape index (κ1) is 14.0. The molecule has 0 aromatic heterocycles.